The molecule has 1 aromatic carbocycles. The average molecular weight is 246 g/mol. The molecule has 1 aliphatic carbocycles. The van der Waals surface area contributed by atoms with Gasteiger partial charge >= 0.3 is 5.97 Å². The Hall–Kier alpha value is -1.51. The lowest BCUT2D eigenvalue weighted by atomic mass is 9.89. The first-order valence-corrected chi connectivity index (χ1v) is 6.65. The number of rotatable bonds is 4. The molecule has 2 unspecified atom stereocenters. The first-order valence-electron chi connectivity index (χ1n) is 6.65. The Morgan fingerprint density at radius 3 is 2.94 bits per heavy atom. The van der Waals surface area contributed by atoms with E-state index in [4.69, 9.17) is 9.84 Å². The van der Waals surface area contributed by atoms with Crippen LogP contribution in [0, 0.1) is 5.92 Å². The summed E-state index contributed by atoms with van der Waals surface area (Å²) < 4.78 is 5.68. The van der Waals surface area contributed by atoms with Gasteiger partial charge in [-0.1, -0.05) is 12.1 Å². The van der Waals surface area contributed by atoms with E-state index in [0.717, 1.165) is 12.2 Å². The van der Waals surface area contributed by atoms with Crippen LogP contribution in [0.4, 0.5) is 0 Å². The van der Waals surface area contributed by atoms with Crippen LogP contribution in [0.5, 0.6) is 5.75 Å². The van der Waals surface area contributed by atoms with E-state index in [-0.39, 0.29) is 18.4 Å². The molecule has 3 rings (SSSR count). The van der Waals surface area contributed by atoms with Crippen LogP contribution in [-0.2, 0) is 11.2 Å². The van der Waals surface area contributed by atoms with E-state index in [0.29, 0.717) is 5.92 Å². The number of ether oxygens (including phenoxy) is 1. The lowest BCUT2D eigenvalue weighted by Crippen LogP contribution is -2.08. The Balaban J connectivity index is 1.86. The van der Waals surface area contributed by atoms with Gasteiger partial charge in [-0.2, -0.15) is 0 Å². The minimum absolute atomic E-state index is 0.184. The Labute approximate surface area is 107 Å². The second kappa shape index (κ2) is 4.30. The third-order valence-electron chi connectivity index (χ3n) is 3.93. The zero-order valence-electron chi connectivity index (χ0n) is 10.6. The Bertz CT molecular complexity index is 477. The summed E-state index contributed by atoms with van der Waals surface area (Å²) in [4.78, 5) is 11.0. The molecule has 0 aromatic heterocycles. The Morgan fingerprint density at radius 2 is 2.28 bits per heavy atom. The number of carboxylic acids is 1. The molecule has 3 nitrogen and oxygen atoms in total. The molecule has 1 aliphatic heterocycles. The third kappa shape index (κ3) is 2.22. The summed E-state index contributed by atoms with van der Waals surface area (Å²) in [6.07, 6.45) is 3.77. The zero-order valence-corrected chi connectivity index (χ0v) is 10.6. The molecule has 0 bridgehead atoms. The van der Waals surface area contributed by atoms with Crippen molar-refractivity contribution in [1.29, 1.82) is 0 Å². The fourth-order valence-electron chi connectivity index (χ4n) is 2.92. The highest BCUT2D eigenvalue weighted by Crippen LogP contribution is 2.45. The number of benzene rings is 1. The van der Waals surface area contributed by atoms with Crippen molar-refractivity contribution in [2.45, 2.75) is 44.6 Å². The number of aliphatic carboxylic acids is 1. The van der Waals surface area contributed by atoms with E-state index < -0.39 is 5.97 Å². The van der Waals surface area contributed by atoms with Gasteiger partial charge in [0.2, 0.25) is 0 Å². The minimum Gasteiger partial charge on any atom is -0.490 e. The smallest absolute Gasteiger partial charge is 0.303 e. The van der Waals surface area contributed by atoms with Crippen molar-refractivity contribution in [1.82, 2.24) is 0 Å². The van der Waals surface area contributed by atoms with Crippen LogP contribution in [0.2, 0.25) is 0 Å². The fourth-order valence-corrected chi connectivity index (χ4v) is 2.92. The summed E-state index contributed by atoms with van der Waals surface area (Å²) in [6.45, 7) is 2.06. The van der Waals surface area contributed by atoms with Crippen LogP contribution in [0.1, 0.15) is 43.2 Å². The maximum Gasteiger partial charge on any atom is 0.303 e. The normalized spacial score (nSPS) is 23.3. The largest absolute Gasteiger partial charge is 0.490 e. The first-order chi connectivity index (χ1) is 8.63. The molecule has 1 N–H and O–H groups in total. The number of carbonyl (C=O) groups is 1. The summed E-state index contributed by atoms with van der Waals surface area (Å²) in [6, 6.07) is 6.21. The lowest BCUT2D eigenvalue weighted by Gasteiger charge is -2.15. The van der Waals surface area contributed by atoms with E-state index in [1.54, 1.807) is 0 Å². The van der Waals surface area contributed by atoms with Crippen LogP contribution in [0.15, 0.2) is 18.2 Å². The van der Waals surface area contributed by atoms with E-state index in [1.165, 1.54) is 24.0 Å². The second-order valence-electron chi connectivity index (χ2n) is 5.54. The van der Waals surface area contributed by atoms with Gasteiger partial charge in [-0.15, -0.1) is 0 Å². The molecule has 1 aromatic rings. The van der Waals surface area contributed by atoms with Crippen LogP contribution in [0.3, 0.4) is 0 Å². The highest BCUT2D eigenvalue weighted by atomic mass is 16.5. The van der Waals surface area contributed by atoms with E-state index in [9.17, 15) is 4.79 Å². The van der Waals surface area contributed by atoms with Crippen LogP contribution in [0.25, 0.3) is 0 Å². The fraction of sp³-hybridized carbons (Fsp3) is 0.533. The second-order valence-corrected chi connectivity index (χ2v) is 5.54. The van der Waals surface area contributed by atoms with Gasteiger partial charge in [0.05, 0.1) is 6.42 Å². The quantitative estimate of drug-likeness (QED) is 0.888. The number of hydrogen-bond donors (Lipinski definition) is 1. The van der Waals surface area contributed by atoms with Crippen molar-refractivity contribution >= 4 is 5.97 Å². The van der Waals surface area contributed by atoms with Crippen molar-refractivity contribution in [3.63, 3.8) is 0 Å². The maximum absolute atomic E-state index is 11.0. The van der Waals surface area contributed by atoms with Crippen LogP contribution in [-0.4, -0.2) is 17.2 Å². The summed E-state index contributed by atoms with van der Waals surface area (Å²) in [5.41, 5.74) is 2.41. The predicted molar refractivity (Wildman–Crippen MR) is 68.0 cm³/mol. The number of hydrogen-bond acceptors (Lipinski definition) is 2. The van der Waals surface area contributed by atoms with Gasteiger partial charge in [-0.3, -0.25) is 4.79 Å². The average Bonchev–Trinajstić information content (AvgIpc) is 3.06. The van der Waals surface area contributed by atoms with Gasteiger partial charge in [-0.25, -0.2) is 0 Å². The standard InChI is InChI=1S/C15H18O3/c1-9-6-12-7-11(4-5-14(12)18-9)13(8-15(16)17)10-2-3-10/h4-5,7,9-10,13H,2-3,6,8H2,1H3,(H,16,17). The van der Waals surface area contributed by atoms with Crippen molar-refractivity contribution in [2.75, 3.05) is 0 Å². The van der Waals surface area contributed by atoms with E-state index >= 15 is 0 Å². The molecule has 0 saturated heterocycles. The molecule has 0 amide bonds. The molecule has 1 saturated carbocycles. The highest BCUT2D eigenvalue weighted by Gasteiger charge is 2.34. The topological polar surface area (TPSA) is 46.5 Å². The summed E-state index contributed by atoms with van der Waals surface area (Å²) in [5.74, 6) is 1.02. The molecule has 96 valence electrons. The lowest BCUT2D eigenvalue weighted by molar-refractivity contribution is -0.137. The summed E-state index contributed by atoms with van der Waals surface area (Å²) in [7, 11) is 0. The first kappa shape index (κ1) is 11.6. The van der Waals surface area contributed by atoms with Crippen molar-refractivity contribution in [3.8, 4) is 5.75 Å². The van der Waals surface area contributed by atoms with E-state index in [1.807, 2.05) is 12.1 Å². The van der Waals surface area contributed by atoms with Gasteiger partial charge in [0.25, 0.3) is 0 Å². The van der Waals surface area contributed by atoms with Gasteiger partial charge < -0.3 is 9.84 Å². The van der Waals surface area contributed by atoms with Crippen molar-refractivity contribution in [3.05, 3.63) is 29.3 Å². The molecule has 0 spiro atoms. The molecule has 1 fully saturated rings. The monoisotopic (exact) mass is 246 g/mol. The van der Waals surface area contributed by atoms with Crippen LogP contribution < -0.4 is 4.74 Å². The van der Waals surface area contributed by atoms with E-state index in [2.05, 4.69) is 13.0 Å². The number of fused-ring (bicyclic) bond motifs is 1. The van der Waals surface area contributed by atoms with Gasteiger partial charge in [0.15, 0.2) is 0 Å². The van der Waals surface area contributed by atoms with Gasteiger partial charge in [0.1, 0.15) is 11.9 Å². The molecular formula is C15H18O3. The summed E-state index contributed by atoms with van der Waals surface area (Å²) >= 11 is 0. The SMILES string of the molecule is CC1Cc2cc(C(CC(=O)O)C3CC3)ccc2O1. The predicted octanol–water partition coefficient (Wildman–Crippen LogP) is 2.98. The molecular weight excluding hydrogens is 228 g/mol. The maximum atomic E-state index is 11.0. The van der Waals surface area contributed by atoms with Crippen molar-refractivity contribution < 1.29 is 14.6 Å². The number of carboxylic acid groups (broad SMARTS) is 1. The Morgan fingerprint density at radius 1 is 1.50 bits per heavy atom. The van der Waals surface area contributed by atoms with Gasteiger partial charge in [0, 0.05) is 6.42 Å². The van der Waals surface area contributed by atoms with Crippen LogP contribution >= 0.6 is 0 Å². The van der Waals surface area contributed by atoms with Gasteiger partial charge in [-0.05, 0) is 48.8 Å². The third-order valence-corrected chi connectivity index (χ3v) is 3.93. The zero-order chi connectivity index (χ0) is 12.7. The summed E-state index contributed by atoms with van der Waals surface area (Å²) in [5, 5.41) is 9.03. The highest BCUT2D eigenvalue weighted by molar-refractivity contribution is 5.68. The molecule has 3 heteroatoms. The molecule has 18 heavy (non-hydrogen) atoms. The Kier molecular flexibility index (Phi) is 2.77. The van der Waals surface area contributed by atoms with Crippen molar-refractivity contribution in [2.24, 2.45) is 5.92 Å². The molecule has 2 aliphatic rings. The molecule has 0 radical (unpaired) electrons. The minimum atomic E-state index is -0.697. The molecule has 2 atom stereocenters. The molecule has 1 heterocycles.